The van der Waals surface area contributed by atoms with Crippen LogP contribution in [0.25, 0.3) is 0 Å². The van der Waals surface area contributed by atoms with E-state index in [-0.39, 0.29) is 11.7 Å². The molecule has 0 aliphatic heterocycles. The molecule has 1 amide bonds. The summed E-state index contributed by atoms with van der Waals surface area (Å²) in [5, 5.41) is 11.5. The highest BCUT2D eigenvalue weighted by atomic mass is 16.5. The fourth-order valence-corrected chi connectivity index (χ4v) is 2.11. The van der Waals surface area contributed by atoms with Crippen LogP contribution in [0.5, 0.6) is 17.2 Å². The van der Waals surface area contributed by atoms with E-state index >= 15 is 0 Å². The Morgan fingerprint density at radius 1 is 0.957 bits per heavy atom. The van der Waals surface area contributed by atoms with E-state index in [9.17, 15) is 4.79 Å². The SMILES string of the molecule is COc1ccc(C(=O)Nc2ccc(C#N)cc2)c(OC)c1OC. The Morgan fingerprint density at radius 2 is 1.61 bits per heavy atom. The van der Waals surface area contributed by atoms with Crippen molar-refractivity contribution in [1.82, 2.24) is 0 Å². The normalized spacial score (nSPS) is 9.65. The molecule has 1 N–H and O–H groups in total. The zero-order chi connectivity index (χ0) is 16.8. The Kier molecular flexibility index (Phi) is 5.05. The van der Waals surface area contributed by atoms with Crippen LogP contribution in [0.2, 0.25) is 0 Å². The van der Waals surface area contributed by atoms with E-state index in [1.807, 2.05) is 6.07 Å². The van der Waals surface area contributed by atoms with Crippen molar-refractivity contribution in [3.05, 3.63) is 47.5 Å². The van der Waals surface area contributed by atoms with Crippen LogP contribution in [0.3, 0.4) is 0 Å². The number of methoxy groups -OCH3 is 3. The predicted molar refractivity (Wildman–Crippen MR) is 85.2 cm³/mol. The van der Waals surface area contributed by atoms with Gasteiger partial charge in [-0.3, -0.25) is 4.79 Å². The lowest BCUT2D eigenvalue weighted by Gasteiger charge is -2.15. The standard InChI is InChI=1S/C17H16N2O4/c1-21-14-9-8-13(15(22-2)16(14)23-3)17(20)19-12-6-4-11(10-18)5-7-12/h4-9H,1-3H3,(H,19,20). The van der Waals surface area contributed by atoms with Crippen LogP contribution in [0.4, 0.5) is 5.69 Å². The second-order valence-corrected chi connectivity index (χ2v) is 4.53. The lowest BCUT2D eigenvalue weighted by molar-refractivity contribution is 0.102. The number of benzene rings is 2. The molecule has 0 fully saturated rings. The number of nitrogens with one attached hydrogen (secondary N) is 1. The molecule has 23 heavy (non-hydrogen) atoms. The van der Waals surface area contributed by atoms with Crippen molar-refractivity contribution in [3.63, 3.8) is 0 Å². The number of anilines is 1. The number of ether oxygens (including phenoxy) is 3. The summed E-state index contributed by atoms with van der Waals surface area (Å²) in [5.74, 6) is 0.757. The van der Waals surface area contributed by atoms with Crippen LogP contribution < -0.4 is 19.5 Å². The molecule has 0 atom stereocenters. The van der Waals surface area contributed by atoms with Gasteiger partial charge >= 0.3 is 0 Å². The highest BCUT2D eigenvalue weighted by Gasteiger charge is 2.20. The summed E-state index contributed by atoms with van der Waals surface area (Å²) in [5.41, 5.74) is 1.41. The van der Waals surface area contributed by atoms with Crippen LogP contribution in [-0.4, -0.2) is 27.2 Å². The zero-order valence-corrected chi connectivity index (χ0v) is 13.0. The number of amides is 1. The van der Waals surface area contributed by atoms with Gasteiger partial charge in [-0.25, -0.2) is 0 Å². The van der Waals surface area contributed by atoms with Gasteiger partial charge in [0.1, 0.15) is 0 Å². The van der Waals surface area contributed by atoms with E-state index in [2.05, 4.69) is 5.32 Å². The van der Waals surface area contributed by atoms with E-state index < -0.39 is 0 Å². The number of rotatable bonds is 5. The maximum atomic E-state index is 12.5. The summed E-state index contributed by atoms with van der Waals surface area (Å²) in [6.07, 6.45) is 0. The van der Waals surface area contributed by atoms with Gasteiger partial charge in [-0.05, 0) is 36.4 Å². The van der Waals surface area contributed by atoms with Crippen LogP contribution in [-0.2, 0) is 0 Å². The summed E-state index contributed by atoms with van der Waals surface area (Å²) < 4.78 is 15.7. The van der Waals surface area contributed by atoms with Crippen LogP contribution in [0.15, 0.2) is 36.4 Å². The first-order valence-electron chi connectivity index (χ1n) is 6.75. The lowest BCUT2D eigenvalue weighted by Crippen LogP contribution is -2.14. The summed E-state index contributed by atoms with van der Waals surface area (Å²) in [7, 11) is 4.44. The van der Waals surface area contributed by atoms with Gasteiger partial charge in [0, 0.05) is 5.69 Å². The summed E-state index contributed by atoms with van der Waals surface area (Å²) in [6.45, 7) is 0. The third kappa shape index (κ3) is 3.35. The fourth-order valence-electron chi connectivity index (χ4n) is 2.11. The van der Waals surface area contributed by atoms with Gasteiger partial charge in [0.2, 0.25) is 5.75 Å². The molecule has 2 rings (SSSR count). The molecule has 2 aromatic carbocycles. The van der Waals surface area contributed by atoms with Gasteiger partial charge in [-0.15, -0.1) is 0 Å². The Balaban J connectivity index is 2.33. The van der Waals surface area contributed by atoms with E-state index in [0.717, 1.165) is 0 Å². The van der Waals surface area contributed by atoms with Crippen LogP contribution in [0, 0.1) is 11.3 Å². The molecule has 0 aliphatic rings. The minimum absolute atomic E-state index is 0.290. The quantitative estimate of drug-likeness (QED) is 0.918. The van der Waals surface area contributed by atoms with Crippen molar-refractivity contribution in [3.8, 4) is 23.3 Å². The van der Waals surface area contributed by atoms with Crippen molar-refractivity contribution in [2.45, 2.75) is 0 Å². The maximum Gasteiger partial charge on any atom is 0.259 e. The molecule has 0 unspecified atom stereocenters. The summed E-state index contributed by atoms with van der Waals surface area (Å²) >= 11 is 0. The number of nitriles is 1. The number of carbonyl (C=O) groups excluding carboxylic acids is 1. The molecular weight excluding hydrogens is 296 g/mol. The molecule has 0 radical (unpaired) electrons. The van der Waals surface area contributed by atoms with Gasteiger partial charge in [0.25, 0.3) is 5.91 Å². The third-order valence-corrected chi connectivity index (χ3v) is 3.22. The molecule has 0 saturated heterocycles. The third-order valence-electron chi connectivity index (χ3n) is 3.22. The Bertz CT molecular complexity index is 748. The van der Waals surface area contributed by atoms with Gasteiger partial charge in [0.15, 0.2) is 11.5 Å². The number of carbonyl (C=O) groups is 1. The monoisotopic (exact) mass is 312 g/mol. The molecule has 6 nitrogen and oxygen atoms in total. The molecule has 0 aromatic heterocycles. The van der Waals surface area contributed by atoms with Crippen molar-refractivity contribution < 1.29 is 19.0 Å². The van der Waals surface area contributed by atoms with Crippen molar-refractivity contribution >= 4 is 11.6 Å². The summed E-state index contributed by atoms with van der Waals surface area (Å²) in [4.78, 5) is 12.5. The molecule has 0 bridgehead atoms. The molecule has 118 valence electrons. The smallest absolute Gasteiger partial charge is 0.259 e. The molecule has 6 heteroatoms. The number of hydrogen-bond acceptors (Lipinski definition) is 5. The molecule has 0 aliphatic carbocycles. The average molecular weight is 312 g/mol. The predicted octanol–water partition coefficient (Wildman–Crippen LogP) is 2.84. The lowest BCUT2D eigenvalue weighted by atomic mass is 10.1. The van der Waals surface area contributed by atoms with Gasteiger partial charge in [-0.1, -0.05) is 0 Å². The second-order valence-electron chi connectivity index (χ2n) is 4.53. The molecular formula is C17H16N2O4. The largest absolute Gasteiger partial charge is 0.493 e. The molecule has 2 aromatic rings. The van der Waals surface area contributed by atoms with Crippen molar-refractivity contribution in [2.24, 2.45) is 0 Å². The van der Waals surface area contributed by atoms with Gasteiger partial charge in [-0.2, -0.15) is 5.26 Å². The average Bonchev–Trinajstić information content (AvgIpc) is 2.60. The van der Waals surface area contributed by atoms with Gasteiger partial charge < -0.3 is 19.5 Å². The highest BCUT2D eigenvalue weighted by molar-refractivity contribution is 6.07. The zero-order valence-electron chi connectivity index (χ0n) is 13.0. The van der Waals surface area contributed by atoms with E-state index in [1.165, 1.54) is 21.3 Å². The molecule has 0 spiro atoms. The van der Waals surface area contributed by atoms with E-state index in [4.69, 9.17) is 19.5 Å². The second kappa shape index (κ2) is 7.18. The molecule has 0 heterocycles. The van der Waals surface area contributed by atoms with Crippen molar-refractivity contribution in [1.29, 1.82) is 5.26 Å². The Morgan fingerprint density at radius 3 is 2.13 bits per heavy atom. The van der Waals surface area contributed by atoms with Gasteiger partial charge in [0.05, 0.1) is 38.5 Å². The minimum atomic E-state index is -0.354. The Hall–Kier alpha value is -3.20. The summed E-state index contributed by atoms with van der Waals surface area (Å²) in [6, 6.07) is 11.8. The molecule has 0 saturated carbocycles. The number of nitrogens with zero attached hydrogens (tertiary/aromatic N) is 1. The van der Waals surface area contributed by atoms with E-state index in [0.29, 0.717) is 28.3 Å². The fraction of sp³-hybridized carbons (Fsp3) is 0.176. The highest BCUT2D eigenvalue weighted by Crippen LogP contribution is 2.39. The van der Waals surface area contributed by atoms with Crippen molar-refractivity contribution in [2.75, 3.05) is 26.6 Å². The maximum absolute atomic E-state index is 12.5. The van der Waals surface area contributed by atoms with Crippen LogP contribution in [0.1, 0.15) is 15.9 Å². The Labute approximate surface area is 134 Å². The number of hydrogen-bond donors (Lipinski definition) is 1. The first-order valence-corrected chi connectivity index (χ1v) is 6.75. The first kappa shape index (κ1) is 16.2. The minimum Gasteiger partial charge on any atom is -0.493 e. The first-order chi connectivity index (χ1) is 11.1. The van der Waals surface area contributed by atoms with Crippen LogP contribution >= 0.6 is 0 Å². The topological polar surface area (TPSA) is 80.6 Å². The van der Waals surface area contributed by atoms with E-state index in [1.54, 1.807) is 36.4 Å².